The minimum absolute atomic E-state index is 0.125. The zero-order chi connectivity index (χ0) is 10.8. The van der Waals surface area contributed by atoms with Crippen LogP contribution in [-0.4, -0.2) is 47.3 Å². The number of carbonyl (C=O) groups is 1. The average molecular weight is 210 g/mol. The molecule has 6 nitrogen and oxygen atoms in total. The lowest BCUT2D eigenvalue weighted by molar-refractivity contribution is 0.0299. The molecule has 1 amide bonds. The van der Waals surface area contributed by atoms with Crippen LogP contribution in [0.4, 0.5) is 5.69 Å². The van der Waals surface area contributed by atoms with Crippen molar-refractivity contribution < 1.29 is 9.53 Å². The van der Waals surface area contributed by atoms with Crippen LogP contribution in [0.15, 0.2) is 0 Å². The number of carbonyl (C=O) groups excluding carboxylic acids is 1. The van der Waals surface area contributed by atoms with Gasteiger partial charge in [0.2, 0.25) is 0 Å². The van der Waals surface area contributed by atoms with Crippen LogP contribution in [0.1, 0.15) is 16.2 Å². The summed E-state index contributed by atoms with van der Waals surface area (Å²) in [7, 11) is 0. The second kappa shape index (κ2) is 3.90. The molecule has 6 heteroatoms. The molecule has 0 saturated carbocycles. The highest BCUT2D eigenvalue weighted by atomic mass is 16.5. The van der Waals surface area contributed by atoms with Crippen molar-refractivity contribution in [3.63, 3.8) is 0 Å². The van der Waals surface area contributed by atoms with Crippen LogP contribution in [0.25, 0.3) is 0 Å². The van der Waals surface area contributed by atoms with Crippen molar-refractivity contribution in [2.75, 3.05) is 32.0 Å². The van der Waals surface area contributed by atoms with E-state index >= 15 is 0 Å². The Bertz CT molecular complexity index is 368. The Kier molecular flexibility index (Phi) is 2.59. The van der Waals surface area contributed by atoms with E-state index in [9.17, 15) is 4.79 Å². The fraction of sp³-hybridized carbons (Fsp3) is 0.556. The number of aromatic amines is 1. The zero-order valence-electron chi connectivity index (χ0n) is 8.62. The smallest absolute Gasteiger partial charge is 0.276 e. The highest BCUT2D eigenvalue weighted by Gasteiger charge is 2.23. The van der Waals surface area contributed by atoms with E-state index in [0.29, 0.717) is 37.7 Å². The van der Waals surface area contributed by atoms with Crippen molar-refractivity contribution in [3.8, 4) is 0 Å². The van der Waals surface area contributed by atoms with E-state index in [0.717, 1.165) is 5.69 Å². The summed E-state index contributed by atoms with van der Waals surface area (Å²) in [5.41, 5.74) is 7.22. The lowest BCUT2D eigenvalue weighted by Gasteiger charge is -2.26. The van der Waals surface area contributed by atoms with Gasteiger partial charge in [-0.15, -0.1) is 0 Å². The van der Waals surface area contributed by atoms with E-state index in [1.54, 1.807) is 11.8 Å². The van der Waals surface area contributed by atoms with Crippen molar-refractivity contribution in [2.45, 2.75) is 6.92 Å². The number of amides is 1. The van der Waals surface area contributed by atoms with Crippen LogP contribution >= 0.6 is 0 Å². The maximum Gasteiger partial charge on any atom is 0.276 e. The monoisotopic (exact) mass is 210 g/mol. The largest absolute Gasteiger partial charge is 0.395 e. The topological polar surface area (TPSA) is 84.2 Å². The first kappa shape index (κ1) is 9.97. The van der Waals surface area contributed by atoms with Gasteiger partial charge in [0.05, 0.1) is 24.6 Å². The minimum atomic E-state index is -0.125. The van der Waals surface area contributed by atoms with Crippen LogP contribution in [0.5, 0.6) is 0 Å². The maximum atomic E-state index is 11.9. The number of aromatic nitrogens is 2. The first-order valence-corrected chi connectivity index (χ1v) is 4.87. The van der Waals surface area contributed by atoms with Crippen LogP contribution in [0.2, 0.25) is 0 Å². The summed E-state index contributed by atoms with van der Waals surface area (Å²) < 4.78 is 5.17. The second-order valence-corrected chi connectivity index (χ2v) is 3.52. The zero-order valence-corrected chi connectivity index (χ0v) is 8.62. The third-order valence-electron chi connectivity index (χ3n) is 2.50. The molecule has 0 radical (unpaired) electrons. The van der Waals surface area contributed by atoms with Crippen LogP contribution < -0.4 is 5.73 Å². The molecule has 1 saturated heterocycles. The quantitative estimate of drug-likeness (QED) is 0.670. The first-order valence-electron chi connectivity index (χ1n) is 4.87. The number of aryl methyl sites for hydroxylation is 1. The van der Waals surface area contributed by atoms with E-state index < -0.39 is 0 Å². The van der Waals surface area contributed by atoms with Gasteiger partial charge < -0.3 is 15.4 Å². The Morgan fingerprint density at radius 3 is 2.73 bits per heavy atom. The number of hydrogen-bond donors (Lipinski definition) is 2. The molecule has 1 aromatic rings. The third-order valence-corrected chi connectivity index (χ3v) is 2.50. The van der Waals surface area contributed by atoms with Crippen LogP contribution in [-0.2, 0) is 4.74 Å². The first-order chi connectivity index (χ1) is 7.20. The van der Waals surface area contributed by atoms with Gasteiger partial charge in [-0.2, -0.15) is 5.10 Å². The van der Waals surface area contributed by atoms with Crippen LogP contribution in [0.3, 0.4) is 0 Å². The third kappa shape index (κ3) is 1.80. The highest BCUT2D eigenvalue weighted by Crippen LogP contribution is 2.15. The maximum absolute atomic E-state index is 11.9. The molecule has 0 aliphatic carbocycles. The summed E-state index contributed by atoms with van der Waals surface area (Å²) in [4.78, 5) is 13.6. The summed E-state index contributed by atoms with van der Waals surface area (Å²) in [6.45, 7) is 4.15. The summed E-state index contributed by atoms with van der Waals surface area (Å²) in [6.07, 6.45) is 0. The van der Waals surface area contributed by atoms with Gasteiger partial charge in [0, 0.05) is 13.1 Å². The predicted molar refractivity (Wildman–Crippen MR) is 54.5 cm³/mol. The molecule has 0 bridgehead atoms. The summed E-state index contributed by atoms with van der Waals surface area (Å²) >= 11 is 0. The molecule has 2 rings (SSSR count). The fourth-order valence-corrected chi connectivity index (χ4v) is 1.52. The molecule has 1 aliphatic heterocycles. The van der Waals surface area contributed by atoms with Gasteiger partial charge in [0.1, 0.15) is 0 Å². The van der Waals surface area contributed by atoms with Gasteiger partial charge in [-0.25, -0.2) is 0 Å². The molecule has 82 valence electrons. The number of morpholine rings is 1. The Morgan fingerprint density at radius 1 is 1.53 bits per heavy atom. The predicted octanol–water partition coefficient (Wildman–Crippen LogP) is -0.227. The number of nitrogens with zero attached hydrogens (tertiary/aromatic N) is 2. The number of H-pyrrole nitrogens is 1. The SMILES string of the molecule is Cc1[nH]nc(C(=O)N2CCOCC2)c1N. The Hall–Kier alpha value is -1.56. The van der Waals surface area contributed by atoms with E-state index in [4.69, 9.17) is 10.5 Å². The van der Waals surface area contributed by atoms with E-state index in [2.05, 4.69) is 10.2 Å². The van der Waals surface area contributed by atoms with Gasteiger partial charge in [-0.3, -0.25) is 9.89 Å². The number of nitrogens with one attached hydrogen (secondary N) is 1. The summed E-state index contributed by atoms with van der Waals surface area (Å²) in [5, 5.41) is 6.61. The Balaban J connectivity index is 2.16. The van der Waals surface area contributed by atoms with Gasteiger partial charge in [-0.1, -0.05) is 0 Å². The minimum Gasteiger partial charge on any atom is -0.395 e. The highest BCUT2D eigenvalue weighted by molar-refractivity contribution is 5.97. The number of hydrogen-bond acceptors (Lipinski definition) is 4. The lowest BCUT2D eigenvalue weighted by Crippen LogP contribution is -2.41. The van der Waals surface area contributed by atoms with Crippen LogP contribution in [0, 0.1) is 6.92 Å². The number of nitrogens with two attached hydrogens (primary N) is 1. The molecule has 0 spiro atoms. The van der Waals surface area contributed by atoms with Crippen molar-refractivity contribution >= 4 is 11.6 Å². The molecule has 1 aliphatic rings. The summed E-state index contributed by atoms with van der Waals surface area (Å²) in [6, 6.07) is 0. The average Bonchev–Trinajstić information content (AvgIpc) is 2.60. The Labute approximate surface area is 87.4 Å². The van der Waals surface area contributed by atoms with Gasteiger partial charge >= 0.3 is 0 Å². The van der Waals surface area contributed by atoms with E-state index in [1.807, 2.05) is 0 Å². The number of ether oxygens (including phenoxy) is 1. The van der Waals surface area contributed by atoms with Crippen molar-refractivity contribution in [1.29, 1.82) is 0 Å². The van der Waals surface area contributed by atoms with Gasteiger partial charge in [-0.05, 0) is 6.92 Å². The number of rotatable bonds is 1. The van der Waals surface area contributed by atoms with E-state index in [-0.39, 0.29) is 5.91 Å². The fourth-order valence-electron chi connectivity index (χ4n) is 1.52. The summed E-state index contributed by atoms with van der Waals surface area (Å²) in [5.74, 6) is -0.125. The standard InChI is InChI=1S/C9H14N4O2/c1-6-7(10)8(12-11-6)9(14)13-2-4-15-5-3-13/h2-5,10H2,1H3,(H,11,12). The van der Waals surface area contributed by atoms with Crippen molar-refractivity contribution in [1.82, 2.24) is 15.1 Å². The van der Waals surface area contributed by atoms with E-state index in [1.165, 1.54) is 0 Å². The van der Waals surface area contributed by atoms with Crippen molar-refractivity contribution in [2.24, 2.45) is 0 Å². The molecule has 15 heavy (non-hydrogen) atoms. The Morgan fingerprint density at radius 2 is 2.20 bits per heavy atom. The molecular weight excluding hydrogens is 196 g/mol. The molecule has 0 unspecified atom stereocenters. The molecule has 2 heterocycles. The number of nitrogen functional groups attached to an aromatic ring is 1. The molecule has 0 atom stereocenters. The molecule has 0 aromatic carbocycles. The van der Waals surface area contributed by atoms with Gasteiger partial charge in [0.25, 0.3) is 5.91 Å². The van der Waals surface area contributed by atoms with Gasteiger partial charge in [0.15, 0.2) is 5.69 Å². The molecule has 3 N–H and O–H groups in total. The molecule has 1 aromatic heterocycles. The lowest BCUT2D eigenvalue weighted by atomic mass is 10.2. The van der Waals surface area contributed by atoms with Crippen molar-refractivity contribution in [3.05, 3.63) is 11.4 Å². The molecular formula is C9H14N4O2. The number of anilines is 1. The normalized spacial score (nSPS) is 16.7. The molecule has 1 fully saturated rings. The second-order valence-electron chi connectivity index (χ2n) is 3.52.